The number of carbonyl (C=O) groups is 1. The van der Waals surface area contributed by atoms with Gasteiger partial charge in [0.05, 0.1) is 4.90 Å². The molecule has 1 aliphatic rings. The van der Waals surface area contributed by atoms with Gasteiger partial charge in [-0.2, -0.15) is 4.31 Å². The van der Waals surface area contributed by atoms with Gasteiger partial charge >= 0.3 is 0 Å². The molecule has 144 valence electrons. The normalized spacial score (nSPS) is 16.2. The number of rotatable bonds is 5. The second-order valence-corrected chi connectivity index (χ2v) is 8.39. The fraction of sp³-hybridized carbons (Fsp3) is 0.316. The lowest BCUT2D eigenvalue weighted by Gasteiger charge is -2.31. The summed E-state index contributed by atoms with van der Waals surface area (Å²) in [5.41, 5.74) is 0.790. The zero-order chi connectivity index (χ0) is 19.4. The van der Waals surface area contributed by atoms with E-state index in [0.29, 0.717) is 30.4 Å². The predicted molar refractivity (Wildman–Crippen MR) is 102 cm³/mol. The molecule has 0 unspecified atom stereocenters. The van der Waals surface area contributed by atoms with Crippen molar-refractivity contribution in [2.45, 2.75) is 23.8 Å². The zero-order valence-electron chi connectivity index (χ0n) is 15.0. The summed E-state index contributed by atoms with van der Waals surface area (Å²) in [5.74, 6) is -0.806. The molecular weight excluding hydrogens is 369 g/mol. The molecule has 6 nitrogen and oxygen atoms in total. The maximum Gasteiger partial charge on any atom is 0.255 e. The molecule has 2 aromatic rings. The number of anilines is 1. The summed E-state index contributed by atoms with van der Waals surface area (Å²) in [6, 6.07) is 11.6. The molecule has 1 amide bonds. The Labute approximate surface area is 158 Å². The monoisotopic (exact) mass is 391 g/mol. The van der Waals surface area contributed by atoms with Crippen LogP contribution in [0.1, 0.15) is 23.2 Å². The highest BCUT2D eigenvalue weighted by molar-refractivity contribution is 7.89. The van der Waals surface area contributed by atoms with E-state index in [4.69, 9.17) is 0 Å². The standard InChI is InChI=1S/C19H22FN3O3S/c1-21-16-10-12-23(13-11-16)27(25,26)18-8-6-17(7-9-18)22-19(24)14-2-4-15(20)5-3-14/h2-9,16,21H,10-13H2,1H3,(H,22,24). The lowest BCUT2D eigenvalue weighted by Crippen LogP contribution is -2.43. The highest BCUT2D eigenvalue weighted by atomic mass is 32.2. The molecule has 0 radical (unpaired) electrons. The molecule has 0 bridgehead atoms. The number of piperidine rings is 1. The van der Waals surface area contributed by atoms with Gasteiger partial charge in [0, 0.05) is 30.4 Å². The molecule has 1 saturated heterocycles. The van der Waals surface area contributed by atoms with Crippen molar-refractivity contribution in [3.8, 4) is 0 Å². The van der Waals surface area contributed by atoms with Crippen molar-refractivity contribution in [2.24, 2.45) is 0 Å². The van der Waals surface area contributed by atoms with E-state index in [9.17, 15) is 17.6 Å². The summed E-state index contributed by atoms with van der Waals surface area (Å²) < 4.78 is 39.9. The SMILES string of the molecule is CNC1CCN(S(=O)(=O)c2ccc(NC(=O)c3ccc(F)cc3)cc2)CC1. The van der Waals surface area contributed by atoms with Crippen LogP contribution in [-0.2, 0) is 10.0 Å². The van der Waals surface area contributed by atoms with E-state index in [2.05, 4.69) is 10.6 Å². The van der Waals surface area contributed by atoms with Crippen molar-refractivity contribution in [1.29, 1.82) is 0 Å². The van der Waals surface area contributed by atoms with E-state index in [-0.39, 0.29) is 10.8 Å². The van der Waals surface area contributed by atoms with Gasteiger partial charge in [-0.25, -0.2) is 12.8 Å². The Balaban J connectivity index is 1.67. The first-order chi connectivity index (χ1) is 12.9. The number of benzene rings is 2. The number of halogens is 1. The summed E-state index contributed by atoms with van der Waals surface area (Å²) in [7, 11) is -1.66. The molecule has 1 fully saturated rings. The molecule has 1 heterocycles. The highest BCUT2D eigenvalue weighted by Crippen LogP contribution is 2.22. The second kappa shape index (κ2) is 8.16. The van der Waals surface area contributed by atoms with Crippen LogP contribution in [0.5, 0.6) is 0 Å². The average molecular weight is 391 g/mol. The topological polar surface area (TPSA) is 78.5 Å². The Bertz CT molecular complexity index is 891. The lowest BCUT2D eigenvalue weighted by atomic mass is 10.1. The van der Waals surface area contributed by atoms with Crippen molar-refractivity contribution in [2.75, 3.05) is 25.5 Å². The molecule has 0 aromatic heterocycles. The first kappa shape index (κ1) is 19.5. The first-order valence-corrected chi connectivity index (χ1v) is 10.2. The zero-order valence-corrected chi connectivity index (χ0v) is 15.8. The summed E-state index contributed by atoms with van der Waals surface area (Å²) in [4.78, 5) is 12.3. The van der Waals surface area contributed by atoms with E-state index >= 15 is 0 Å². The van der Waals surface area contributed by atoms with Crippen LogP contribution in [0, 0.1) is 5.82 Å². The summed E-state index contributed by atoms with van der Waals surface area (Å²) in [6.07, 6.45) is 1.56. The Morgan fingerprint density at radius 1 is 1.04 bits per heavy atom. The fourth-order valence-electron chi connectivity index (χ4n) is 3.05. The molecule has 2 N–H and O–H groups in total. The van der Waals surface area contributed by atoms with E-state index in [1.165, 1.54) is 40.7 Å². The van der Waals surface area contributed by atoms with Gasteiger partial charge in [0.1, 0.15) is 5.82 Å². The van der Waals surface area contributed by atoms with Crippen molar-refractivity contribution >= 4 is 21.6 Å². The molecule has 3 rings (SSSR count). The number of hydrogen-bond acceptors (Lipinski definition) is 4. The number of sulfonamides is 1. The summed E-state index contributed by atoms with van der Waals surface area (Å²) >= 11 is 0. The number of nitrogens with zero attached hydrogens (tertiary/aromatic N) is 1. The van der Waals surface area contributed by atoms with Crippen LogP contribution in [0.4, 0.5) is 10.1 Å². The van der Waals surface area contributed by atoms with Crippen LogP contribution in [0.3, 0.4) is 0 Å². The second-order valence-electron chi connectivity index (χ2n) is 6.45. The maximum absolute atomic E-state index is 12.9. The number of amides is 1. The van der Waals surface area contributed by atoms with Crippen molar-refractivity contribution in [3.63, 3.8) is 0 Å². The van der Waals surface area contributed by atoms with Crippen molar-refractivity contribution < 1.29 is 17.6 Å². The molecule has 0 aliphatic carbocycles. The van der Waals surface area contributed by atoms with Gasteiger partial charge in [0.15, 0.2) is 0 Å². The van der Waals surface area contributed by atoms with Crippen LogP contribution in [0.15, 0.2) is 53.4 Å². The van der Waals surface area contributed by atoms with Crippen LogP contribution >= 0.6 is 0 Å². The van der Waals surface area contributed by atoms with Crippen molar-refractivity contribution in [3.05, 3.63) is 59.9 Å². The van der Waals surface area contributed by atoms with Gasteiger partial charge in [-0.1, -0.05) is 0 Å². The van der Waals surface area contributed by atoms with Gasteiger partial charge in [0.25, 0.3) is 5.91 Å². The van der Waals surface area contributed by atoms with Crippen molar-refractivity contribution in [1.82, 2.24) is 9.62 Å². The Hall–Kier alpha value is -2.29. The van der Waals surface area contributed by atoms with Gasteiger partial charge < -0.3 is 10.6 Å². The number of carbonyl (C=O) groups excluding carboxylic acids is 1. The van der Waals surface area contributed by atoms with E-state index in [0.717, 1.165) is 12.8 Å². The van der Waals surface area contributed by atoms with Crippen LogP contribution in [0.2, 0.25) is 0 Å². The van der Waals surface area contributed by atoms with E-state index in [1.807, 2.05) is 7.05 Å². The minimum Gasteiger partial charge on any atom is -0.322 e. The van der Waals surface area contributed by atoms with Crippen LogP contribution in [0.25, 0.3) is 0 Å². The highest BCUT2D eigenvalue weighted by Gasteiger charge is 2.28. The minimum atomic E-state index is -3.54. The van der Waals surface area contributed by atoms with Gasteiger partial charge in [-0.05, 0) is 68.4 Å². The summed E-state index contributed by atoms with van der Waals surface area (Å²) in [5, 5.41) is 5.85. The maximum atomic E-state index is 12.9. The number of nitrogens with one attached hydrogen (secondary N) is 2. The largest absolute Gasteiger partial charge is 0.322 e. The van der Waals surface area contributed by atoms with Gasteiger partial charge in [-0.3, -0.25) is 4.79 Å². The predicted octanol–water partition coefficient (Wildman–Crippen LogP) is 2.45. The third-order valence-electron chi connectivity index (χ3n) is 4.72. The molecule has 2 aromatic carbocycles. The molecular formula is C19H22FN3O3S. The summed E-state index contributed by atoms with van der Waals surface area (Å²) in [6.45, 7) is 0.966. The first-order valence-electron chi connectivity index (χ1n) is 8.74. The van der Waals surface area contributed by atoms with Gasteiger partial charge in [-0.15, -0.1) is 0 Å². The third kappa shape index (κ3) is 4.52. The quantitative estimate of drug-likeness (QED) is 0.821. The molecule has 0 atom stereocenters. The molecule has 27 heavy (non-hydrogen) atoms. The smallest absolute Gasteiger partial charge is 0.255 e. The lowest BCUT2D eigenvalue weighted by molar-refractivity contribution is 0.102. The number of hydrogen-bond donors (Lipinski definition) is 2. The third-order valence-corrected chi connectivity index (χ3v) is 6.63. The molecule has 0 spiro atoms. The molecule has 0 saturated carbocycles. The van der Waals surface area contributed by atoms with E-state index in [1.54, 1.807) is 12.1 Å². The Kier molecular flexibility index (Phi) is 5.88. The van der Waals surface area contributed by atoms with E-state index < -0.39 is 15.8 Å². The van der Waals surface area contributed by atoms with Gasteiger partial charge in [0.2, 0.25) is 10.0 Å². The molecule has 8 heteroatoms. The molecule has 1 aliphatic heterocycles. The van der Waals surface area contributed by atoms with Crippen LogP contribution < -0.4 is 10.6 Å². The van der Waals surface area contributed by atoms with Crippen LogP contribution in [-0.4, -0.2) is 44.8 Å². The average Bonchev–Trinajstić information content (AvgIpc) is 2.69. The Morgan fingerprint density at radius 2 is 1.63 bits per heavy atom. The minimum absolute atomic E-state index is 0.199. The Morgan fingerprint density at radius 3 is 2.19 bits per heavy atom. The fourth-order valence-corrected chi connectivity index (χ4v) is 4.52.